The van der Waals surface area contributed by atoms with Crippen LogP contribution in [0.4, 0.5) is 0 Å². The summed E-state index contributed by atoms with van der Waals surface area (Å²) in [5.41, 5.74) is 1.02. The fraction of sp³-hybridized carbons (Fsp3) is 0.316. The van der Waals surface area contributed by atoms with Crippen molar-refractivity contribution < 1.29 is 19.4 Å². The first kappa shape index (κ1) is 15.0. The van der Waals surface area contributed by atoms with E-state index in [0.717, 1.165) is 17.5 Å². The van der Waals surface area contributed by atoms with Crippen LogP contribution in [0.15, 0.2) is 48.5 Å². The van der Waals surface area contributed by atoms with Crippen LogP contribution in [0.3, 0.4) is 0 Å². The zero-order chi connectivity index (χ0) is 16.6. The van der Waals surface area contributed by atoms with Crippen molar-refractivity contribution >= 4 is 5.91 Å². The van der Waals surface area contributed by atoms with E-state index in [0.29, 0.717) is 17.9 Å². The molecule has 24 heavy (non-hydrogen) atoms. The summed E-state index contributed by atoms with van der Waals surface area (Å²) in [7, 11) is 0. The minimum Gasteiger partial charge on any atom is -0.485 e. The Morgan fingerprint density at radius 1 is 1.17 bits per heavy atom. The van der Waals surface area contributed by atoms with Crippen molar-refractivity contribution in [2.75, 3.05) is 13.2 Å². The highest BCUT2D eigenvalue weighted by molar-refractivity contribution is 5.81. The van der Waals surface area contributed by atoms with E-state index in [2.05, 4.69) is 5.32 Å². The van der Waals surface area contributed by atoms with Crippen molar-refractivity contribution in [2.24, 2.45) is 0 Å². The number of para-hydroxylation sites is 2. The van der Waals surface area contributed by atoms with E-state index in [1.54, 1.807) is 6.07 Å². The minimum absolute atomic E-state index is 0.165. The van der Waals surface area contributed by atoms with Crippen molar-refractivity contribution in [3.05, 3.63) is 59.7 Å². The number of carbonyl (C=O) groups is 1. The highest BCUT2D eigenvalue weighted by atomic mass is 16.6. The largest absolute Gasteiger partial charge is 0.485 e. The van der Waals surface area contributed by atoms with Gasteiger partial charge >= 0.3 is 0 Å². The Morgan fingerprint density at radius 2 is 1.92 bits per heavy atom. The number of hydrogen-bond acceptors (Lipinski definition) is 4. The van der Waals surface area contributed by atoms with Crippen LogP contribution in [0, 0.1) is 0 Å². The Kier molecular flexibility index (Phi) is 3.65. The molecule has 5 nitrogen and oxygen atoms in total. The number of nitrogens with one attached hydrogen (secondary N) is 1. The summed E-state index contributed by atoms with van der Waals surface area (Å²) in [6, 6.07) is 15.1. The molecule has 1 aliphatic heterocycles. The predicted octanol–water partition coefficient (Wildman–Crippen LogP) is 1.78. The summed E-state index contributed by atoms with van der Waals surface area (Å²) in [4.78, 5) is 12.4. The monoisotopic (exact) mass is 325 g/mol. The van der Waals surface area contributed by atoms with E-state index in [9.17, 15) is 9.90 Å². The number of hydrogen-bond donors (Lipinski definition) is 2. The summed E-state index contributed by atoms with van der Waals surface area (Å²) in [5.74, 6) is 0.932. The van der Waals surface area contributed by atoms with E-state index in [1.165, 1.54) is 0 Å². The van der Waals surface area contributed by atoms with Gasteiger partial charge in [0.1, 0.15) is 12.2 Å². The Morgan fingerprint density at radius 3 is 2.79 bits per heavy atom. The second-order valence-corrected chi connectivity index (χ2v) is 6.27. The molecule has 0 bridgehead atoms. The first-order valence-corrected chi connectivity index (χ1v) is 8.13. The molecule has 0 fully saturated rings. The molecular weight excluding hydrogens is 306 g/mol. The normalized spacial score (nSPS) is 24.3. The molecular formula is C19H19NO4. The Balaban J connectivity index is 1.41. The van der Waals surface area contributed by atoms with Crippen molar-refractivity contribution in [1.82, 2.24) is 5.32 Å². The molecule has 1 aliphatic carbocycles. The zero-order valence-corrected chi connectivity index (χ0v) is 13.2. The highest BCUT2D eigenvalue weighted by Crippen LogP contribution is 2.36. The molecule has 2 unspecified atom stereocenters. The first-order chi connectivity index (χ1) is 11.7. The summed E-state index contributed by atoms with van der Waals surface area (Å²) in [5, 5.41) is 13.7. The van der Waals surface area contributed by atoms with Gasteiger partial charge in [0.05, 0.1) is 6.54 Å². The summed E-state index contributed by atoms with van der Waals surface area (Å²) >= 11 is 0. The molecule has 0 radical (unpaired) electrons. The fourth-order valence-electron chi connectivity index (χ4n) is 3.35. The summed E-state index contributed by atoms with van der Waals surface area (Å²) in [6.07, 6.45) is 0.719. The molecule has 1 heterocycles. The van der Waals surface area contributed by atoms with Crippen LogP contribution < -0.4 is 14.8 Å². The molecule has 2 N–H and O–H groups in total. The topological polar surface area (TPSA) is 67.8 Å². The number of carbonyl (C=O) groups excluding carboxylic acids is 1. The third-order valence-electron chi connectivity index (χ3n) is 4.68. The van der Waals surface area contributed by atoms with Crippen molar-refractivity contribution in [3.8, 4) is 11.5 Å². The Bertz CT molecular complexity index is 775. The van der Waals surface area contributed by atoms with Crippen molar-refractivity contribution in [2.45, 2.75) is 24.5 Å². The summed E-state index contributed by atoms with van der Waals surface area (Å²) in [6.45, 7) is 0.336. The maximum Gasteiger partial charge on any atom is 0.264 e. The molecule has 2 aromatic rings. The average molecular weight is 325 g/mol. The maximum absolute atomic E-state index is 12.4. The molecule has 124 valence electrons. The summed E-state index contributed by atoms with van der Waals surface area (Å²) < 4.78 is 11.3. The van der Waals surface area contributed by atoms with E-state index in [1.807, 2.05) is 42.5 Å². The van der Waals surface area contributed by atoms with Crippen molar-refractivity contribution in [3.63, 3.8) is 0 Å². The fourth-order valence-corrected chi connectivity index (χ4v) is 3.35. The van der Waals surface area contributed by atoms with E-state index < -0.39 is 11.7 Å². The Labute approximate surface area is 140 Å². The minimum atomic E-state index is -1.01. The highest BCUT2D eigenvalue weighted by Gasteiger charge is 2.37. The van der Waals surface area contributed by atoms with Gasteiger partial charge in [0.15, 0.2) is 11.5 Å². The lowest BCUT2D eigenvalue weighted by molar-refractivity contribution is -0.131. The number of fused-ring (bicyclic) bond motifs is 2. The SMILES string of the molecule is O=C(NCC1(O)CCc2ccccc21)C1COc2ccccc2O1. The third-order valence-corrected chi connectivity index (χ3v) is 4.68. The lowest BCUT2D eigenvalue weighted by Crippen LogP contribution is -2.48. The number of aliphatic hydroxyl groups is 1. The predicted molar refractivity (Wildman–Crippen MR) is 88.0 cm³/mol. The van der Waals surface area contributed by atoms with Gasteiger partial charge in [-0.05, 0) is 36.1 Å². The van der Waals surface area contributed by atoms with Crippen molar-refractivity contribution in [1.29, 1.82) is 0 Å². The Hall–Kier alpha value is -2.53. The second-order valence-electron chi connectivity index (χ2n) is 6.27. The maximum atomic E-state index is 12.4. The van der Waals surface area contributed by atoms with Gasteiger partial charge in [-0.3, -0.25) is 4.79 Å². The van der Waals surface area contributed by atoms with E-state index in [4.69, 9.17) is 9.47 Å². The molecule has 5 heteroatoms. The van der Waals surface area contributed by atoms with E-state index >= 15 is 0 Å². The van der Waals surface area contributed by atoms with Gasteiger partial charge in [-0.2, -0.15) is 0 Å². The van der Waals surface area contributed by atoms with Gasteiger partial charge in [-0.1, -0.05) is 36.4 Å². The van der Waals surface area contributed by atoms with Gasteiger partial charge in [-0.25, -0.2) is 0 Å². The van der Waals surface area contributed by atoms with Crippen LogP contribution in [-0.4, -0.2) is 30.3 Å². The zero-order valence-electron chi connectivity index (χ0n) is 13.2. The number of aryl methyl sites for hydroxylation is 1. The second kappa shape index (κ2) is 5.83. The third kappa shape index (κ3) is 2.61. The first-order valence-electron chi connectivity index (χ1n) is 8.13. The molecule has 2 atom stereocenters. The molecule has 0 saturated heterocycles. The van der Waals surface area contributed by atoms with Gasteiger partial charge < -0.3 is 19.9 Å². The van der Waals surface area contributed by atoms with Crippen LogP contribution in [0.2, 0.25) is 0 Å². The molecule has 0 spiro atoms. The quantitative estimate of drug-likeness (QED) is 0.903. The molecule has 0 saturated carbocycles. The van der Waals surface area contributed by atoms with Gasteiger partial charge in [-0.15, -0.1) is 0 Å². The standard InChI is InChI=1S/C19H19NO4/c21-18(17-11-23-15-7-3-4-8-16(15)24-17)20-12-19(22)10-9-13-5-1-2-6-14(13)19/h1-8,17,22H,9-12H2,(H,20,21). The van der Waals surface area contributed by atoms with Gasteiger partial charge in [0.25, 0.3) is 5.91 Å². The molecule has 0 aromatic heterocycles. The lowest BCUT2D eigenvalue weighted by Gasteiger charge is -2.28. The van der Waals surface area contributed by atoms with Crippen LogP contribution >= 0.6 is 0 Å². The lowest BCUT2D eigenvalue weighted by atomic mass is 9.96. The van der Waals surface area contributed by atoms with Crippen LogP contribution in [0.1, 0.15) is 17.5 Å². The van der Waals surface area contributed by atoms with Crippen LogP contribution in [0.5, 0.6) is 11.5 Å². The van der Waals surface area contributed by atoms with Gasteiger partial charge in [0, 0.05) is 0 Å². The number of amides is 1. The molecule has 1 amide bonds. The van der Waals surface area contributed by atoms with Crippen LogP contribution in [-0.2, 0) is 16.8 Å². The smallest absolute Gasteiger partial charge is 0.264 e. The van der Waals surface area contributed by atoms with Gasteiger partial charge in [0.2, 0.25) is 6.10 Å². The number of ether oxygens (including phenoxy) is 2. The number of rotatable bonds is 3. The number of benzene rings is 2. The molecule has 4 rings (SSSR count). The van der Waals surface area contributed by atoms with E-state index in [-0.39, 0.29) is 19.1 Å². The van der Waals surface area contributed by atoms with Crippen LogP contribution in [0.25, 0.3) is 0 Å². The molecule has 2 aromatic carbocycles. The molecule has 2 aliphatic rings. The average Bonchev–Trinajstić information content (AvgIpc) is 2.97.